The summed E-state index contributed by atoms with van der Waals surface area (Å²) in [6, 6.07) is 28.0. The topological polar surface area (TPSA) is 96.0 Å². The second-order valence-corrected chi connectivity index (χ2v) is 12.9. The molecular weight excluding hydrogens is 701 g/mol. The molecule has 0 N–H and O–H groups in total. The quantitative estimate of drug-likeness (QED) is 0.110. The Labute approximate surface area is 275 Å². The number of ether oxygens (including phenoxy) is 2. The number of hydrogen-bond acceptors (Lipinski definition) is 7. The smallest absolute Gasteiger partial charge is 0.271 e. The fourth-order valence-corrected chi connectivity index (χ4v) is 7.76. The minimum Gasteiger partial charge on any atom is -0.493 e. The van der Waals surface area contributed by atoms with Crippen LogP contribution in [0.4, 0.5) is 5.69 Å². The maximum absolute atomic E-state index is 14.2. The number of rotatable bonds is 7. The van der Waals surface area contributed by atoms with E-state index in [0.717, 1.165) is 38.0 Å². The van der Waals surface area contributed by atoms with Crippen molar-refractivity contribution in [2.45, 2.75) is 25.5 Å². The second kappa shape index (κ2) is 12.1. The minimum atomic E-state index is -0.505. The fourth-order valence-electron chi connectivity index (χ4n) is 5.98. The Bertz CT molecular complexity index is 2190. The molecule has 0 saturated heterocycles. The van der Waals surface area contributed by atoms with Crippen LogP contribution in [0, 0.1) is 13.7 Å². The number of non-ortho nitro benzene ring substituents is 1. The third kappa shape index (κ3) is 5.48. The van der Waals surface area contributed by atoms with E-state index in [0.29, 0.717) is 39.4 Å². The number of nitrogens with zero attached hydrogens (tertiary/aromatic N) is 3. The maximum atomic E-state index is 14.2. The zero-order valence-corrected chi connectivity index (χ0v) is 27.1. The molecule has 2 heterocycles. The molecule has 10 heteroatoms. The molecule has 1 aliphatic heterocycles. The summed E-state index contributed by atoms with van der Waals surface area (Å²) >= 11 is 3.54. The van der Waals surface area contributed by atoms with Crippen molar-refractivity contribution in [3.63, 3.8) is 0 Å². The lowest BCUT2D eigenvalue weighted by Crippen LogP contribution is -2.38. The number of aromatic nitrogens is 1. The van der Waals surface area contributed by atoms with E-state index < -0.39 is 11.0 Å². The van der Waals surface area contributed by atoms with Crippen LogP contribution in [0.25, 0.3) is 11.8 Å². The average molecular weight is 728 g/mol. The van der Waals surface area contributed by atoms with Crippen molar-refractivity contribution in [2.24, 2.45) is 4.99 Å². The molecular formula is C35H26IN3O5S. The van der Waals surface area contributed by atoms with Gasteiger partial charge in [-0.25, -0.2) is 4.99 Å². The molecule has 0 unspecified atom stereocenters. The van der Waals surface area contributed by atoms with Gasteiger partial charge in [-0.15, -0.1) is 0 Å². The molecule has 1 atom stereocenters. The number of thiazole rings is 1. The van der Waals surface area contributed by atoms with Gasteiger partial charge in [-0.2, -0.15) is 0 Å². The highest BCUT2D eigenvalue weighted by atomic mass is 127. The largest absolute Gasteiger partial charge is 0.493 e. The van der Waals surface area contributed by atoms with Gasteiger partial charge in [-0.05, 0) is 81.5 Å². The Balaban J connectivity index is 1.35. The summed E-state index contributed by atoms with van der Waals surface area (Å²) < 4.78 is 14.9. The van der Waals surface area contributed by atoms with Crippen LogP contribution in [0.1, 0.15) is 40.3 Å². The number of halogens is 1. The van der Waals surface area contributed by atoms with Gasteiger partial charge < -0.3 is 9.47 Å². The zero-order valence-electron chi connectivity index (χ0n) is 24.1. The number of aryl methyl sites for hydroxylation is 1. The van der Waals surface area contributed by atoms with E-state index in [9.17, 15) is 14.9 Å². The van der Waals surface area contributed by atoms with Crippen LogP contribution < -0.4 is 24.4 Å². The molecule has 0 fully saturated rings. The number of methoxy groups -OCH3 is 1. The second-order valence-electron chi connectivity index (χ2n) is 10.8. The molecule has 7 rings (SSSR count). The predicted octanol–water partition coefficient (Wildman–Crippen LogP) is 6.42. The maximum Gasteiger partial charge on any atom is 0.271 e. The van der Waals surface area contributed by atoms with Gasteiger partial charge in [0.2, 0.25) is 0 Å². The van der Waals surface area contributed by atoms with E-state index in [1.165, 1.54) is 23.0 Å². The van der Waals surface area contributed by atoms with Gasteiger partial charge in [0.25, 0.3) is 11.2 Å². The summed E-state index contributed by atoms with van der Waals surface area (Å²) in [4.78, 5) is 31.1. The molecule has 0 bridgehead atoms. The minimum absolute atomic E-state index is 0.0128. The first-order valence-electron chi connectivity index (χ1n) is 14.3. The Hall–Kier alpha value is -4.55. The number of allylic oxidation sites excluding steroid dienone is 1. The summed E-state index contributed by atoms with van der Waals surface area (Å²) in [5.74, 6) is 1.20. The molecule has 0 radical (unpaired) electrons. The standard InChI is InChI=1S/C35H26IN3O5S/c1-43-29-17-22(16-28(36)33(29)44-20-21-8-3-2-4-9-21)18-30-34(40)38-32(24-11-7-12-25(19-24)39(41)42)27-15-14-23-10-5-6-13-26(23)31(27)37-35(38)45-30/h2-13,16-19,32H,14-15,20H2,1H3/b30-18-/t32-/m1/s1. The van der Waals surface area contributed by atoms with Crippen molar-refractivity contribution in [3.8, 4) is 11.5 Å². The van der Waals surface area contributed by atoms with Crippen LogP contribution in [0.5, 0.6) is 11.5 Å². The van der Waals surface area contributed by atoms with Crippen molar-refractivity contribution in [1.29, 1.82) is 0 Å². The highest BCUT2D eigenvalue weighted by molar-refractivity contribution is 14.1. The predicted molar refractivity (Wildman–Crippen MR) is 182 cm³/mol. The molecule has 5 aromatic rings. The fraction of sp³-hybridized carbons (Fsp3) is 0.143. The van der Waals surface area contributed by atoms with Gasteiger partial charge >= 0.3 is 0 Å². The Kier molecular flexibility index (Phi) is 7.84. The number of hydrogen-bond donors (Lipinski definition) is 0. The third-order valence-electron chi connectivity index (χ3n) is 8.05. The van der Waals surface area contributed by atoms with Crippen LogP contribution in [0.2, 0.25) is 0 Å². The number of nitro groups is 1. The summed E-state index contributed by atoms with van der Waals surface area (Å²) in [6.07, 6.45) is 3.35. The summed E-state index contributed by atoms with van der Waals surface area (Å²) in [5, 5.41) is 11.7. The molecule has 2 aliphatic rings. The Morgan fingerprint density at radius 2 is 1.84 bits per heavy atom. The molecule has 0 amide bonds. The normalized spacial score (nSPS) is 15.5. The van der Waals surface area contributed by atoms with Crippen LogP contribution in [-0.2, 0) is 13.0 Å². The Morgan fingerprint density at radius 1 is 1.04 bits per heavy atom. The first-order chi connectivity index (χ1) is 21.9. The van der Waals surface area contributed by atoms with Crippen molar-refractivity contribution in [2.75, 3.05) is 7.11 Å². The lowest BCUT2D eigenvalue weighted by atomic mass is 9.83. The van der Waals surface area contributed by atoms with Crippen molar-refractivity contribution in [3.05, 3.63) is 158 Å². The van der Waals surface area contributed by atoms with Gasteiger partial charge in [0.1, 0.15) is 6.61 Å². The van der Waals surface area contributed by atoms with Crippen molar-refractivity contribution < 1.29 is 14.4 Å². The summed E-state index contributed by atoms with van der Waals surface area (Å²) in [6.45, 7) is 0.399. The van der Waals surface area contributed by atoms with Gasteiger partial charge in [-0.3, -0.25) is 19.5 Å². The van der Waals surface area contributed by atoms with E-state index in [1.54, 1.807) is 23.8 Å². The van der Waals surface area contributed by atoms with Crippen LogP contribution in [0.3, 0.4) is 0 Å². The van der Waals surface area contributed by atoms with Gasteiger partial charge in [0, 0.05) is 17.7 Å². The van der Waals surface area contributed by atoms with E-state index in [2.05, 4.69) is 34.7 Å². The van der Waals surface area contributed by atoms with E-state index >= 15 is 0 Å². The third-order valence-corrected chi connectivity index (χ3v) is 9.83. The van der Waals surface area contributed by atoms with E-state index in [4.69, 9.17) is 14.5 Å². The Morgan fingerprint density at radius 3 is 2.64 bits per heavy atom. The summed E-state index contributed by atoms with van der Waals surface area (Å²) in [5.41, 5.74) is 6.39. The molecule has 45 heavy (non-hydrogen) atoms. The van der Waals surface area contributed by atoms with Crippen LogP contribution in [-0.4, -0.2) is 16.6 Å². The lowest BCUT2D eigenvalue weighted by Gasteiger charge is -2.30. The van der Waals surface area contributed by atoms with Crippen molar-refractivity contribution in [1.82, 2.24) is 4.57 Å². The molecule has 8 nitrogen and oxygen atoms in total. The average Bonchev–Trinajstić information content (AvgIpc) is 3.37. The molecule has 4 aromatic carbocycles. The van der Waals surface area contributed by atoms with Gasteiger partial charge in [-0.1, -0.05) is 78.1 Å². The summed E-state index contributed by atoms with van der Waals surface area (Å²) in [7, 11) is 1.60. The highest BCUT2D eigenvalue weighted by Crippen LogP contribution is 2.42. The van der Waals surface area contributed by atoms with Crippen LogP contribution in [0.15, 0.2) is 106 Å². The lowest BCUT2D eigenvalue weighted by molar-refractivity contribution is -0.384. The SMILES string of the molecule is COc1cc(/C=c2\sc3n(c2=O)[C@H](c2cccc([N+](=O)[O-])c2)C2=C(N=3)c3ccccc3CC2)cc(I)c1OCc1ccccc1. The molecule has 0 saturated carbocycles. The highest BCUT2D eigenvalue weighted by Gasteiger charge is 2.33. The van der Waals surface area contributed by atoms with Crippen molar-refractivity contribution >= 4 is 51.4 Å². The number of fused-ring (bicyclic) bond motifs is 3. The van der Waals surface area contributed by atoms with Gasteiger partial charge in [0.05, 0.1) is 31.9 Å². The van der Waals surface area contributed by atoms with E-state index in [-0.39, 0.29) is 11.2 Å². The first kappa shape index (κ1) is 29.2. The number of benzene rings is 4. The van der Waals surface area contributed by atoms with Gasteiger partial charge in [0.15, 0.2) is 16.3 Å². The van der Waals surface area contributed by atoms with E-state index in [1.807, 2.05) is 66.7 Å². The molecule has 224 valence electrons. The monoisotopic (exact) mass is 727 g/mol. The number of nitro benzene ring substituents is 1. The van der Waals surface area contributed by atoms with Crippen LogP contribution >= 0.6 is 33.9 Å². The molecule has 1 aromatic heterocycles. The zero-order chi connectivity index (χ0) is 31.1. The molecule has 1 aliphatic carbocycles. The molecule has 0 spiro atoms. The first-order valence-corrected chi connectivity index (χ1v) is 16.2.